The van der Waals surface area contributed by atoms with E-state index in [1.807, 2.05) is 5.38 Å². The van der Waals surface area contributed by atoms with Crippen LogP contribution < -0.4 is 5.32 Å². The summed E-state index contributed by atoms with van der Waals surface area (Å²) in [5, 5.41) is 15.3. The van der Waals surface area contributed by atoms with Gasteiger partial charge in [-0.25, -0.2) is 19.2 Å². The molecule has 2 aromatic carbocycles. The van der Waals surface area contributed by atoms with Crippen LogP contribution in [0.1, 0.15) is 10.4 Å². The molecule has 27 heavy (non-hydrogen) atoms. The summed E-state index contributed by atoms with van der Waals surface area (Å²) in [7, 11) is 0. The Morgan fingerprint density at radius 3 is 2.67 bits per heavy atom. The summed E-state index contributed by atoms with van der Waals surface area (Å²) in [4.78, 5) is 20.9. The SMILES string of the molecule is O=C(O)c1cc(Br)ccc1Nc1ncnc2scc(-c3ccc(F)cc3)c12. The molecule has 0 aliphatic carbocycles. The number of fused-ring (bicyclic) bond motifs is 1. The minimum atomic E-state index is -1.05. The third kappa shape index (κ3) is 3.41. The molecule has 0 unspecified atom stereocenters. The van der Waals surface area contributed by atoms with E-state index >= 15 is 0 Å². The second-order valence-electron chi connectivity index (χ2n) is 5.68. The molecule has 0 amide bonds. The molecule has 0 saturated heterocycles. The molecule has 4 rings (SSSR count). The van der Waals surface area contributed by atoms with Crippen LogP contribution in [0, 0.1) is 5.82 Å². The smallest absolute Gasteiger partial charge is 0.337 e. The Labute approximate surface area is 165 Å². The maximum absolute atomic E-state index is 13.3. The molecule has 0 aliphatic heterocycles. The first kappa shape index (κ1) is 17.6. The van der Waals surface area contributed by atoms with Crippen molar-refractivity contribution in [3.8, 4) is 11.1 Å². The topological polar surface area (TPSA) is 75.1 Å². The number of benzene rings is 2. The van der Waals surface area contributed by atoms with E-state index in [9.17, 15) is 14.3 Å². The number of hydrogen-bond donors (Lipinski definition) is 2. The summed E-state index contributed by atoms with van der Waals surface area (Å²) in [6.07, 6.45) is 1.43. The van der Waals surface area contributed by atoms with E-state index in [-0.39, 0.29) is 11.4 Å². The van der Waals surface area contributed by atoms with Gasteiger partial charge in [0.1, 0.15) is 22.8 Å². The monoisotopic (exact) mass is 443 g/mol. The van der Waals surface area contributed by atoms with Crippen LogP contribution >= 0.6 is 27.3 Å². The minimum absolute atomic E-state index is 0.120. The summed E-state index contributed by atoms with van der Waals surface area (Å²) in [5.41, 5.74) is 2.22. The van der Waals surface area contributed by atoms with Crippen molar-refractivity contribution in [3.05, 3.63) is 70.0 Å². The van der Waals surface area contributed by atoms with Gasteiger partial charge in [-0.1, -0.05) is 28.1 Å². The molecule has 4 aromatic rings. The highest BCUT2D eigenvalue weighted by Crippen LogP contribution is 2.38. The number of thiophene rings is 1. The number of nitrogens with zero attached hydrogens (tertiary/aromatic N) is 2. The summed E-state index contributed by atoms with van der Waals surface area (Å²) in [6.45, 7) is 0. The molecule has 2 heterocycles. The van der Waals surface area contributed by atoms with Crippen LogP contribution in [0.25, 0.3) is 21.3 Å². The van der Waals surface area contributed by atoms with E-state index in [4.69, 9.17) is 0 Å². The summed E-state index contributed by atoms with van der Waals surface area (Å²) in [5.74, 6) is -0.868. The fraction of sp³-hybridized carbons (Fsp3) is 0. The highest BCUT2D eigenvalue weighted by Gasteiger charge is 2.16. The zero-order valence-electron chi connectivity index (χ0n) is 13.6. The van der Waals surface area contributed by atoms with E-state index in [1.54, 1.807) is 24.3 Å². The first-order valence-corrected chi connectivity index (χ1v) is 9.48. The van der Waals surface area contributed by atoms with Crippen molar-refractivity contribution >= 4 is 55.0 Å². The number of aromatic nitrogens is 2. The quantitative estimate of drug-likeness (QED) is 0.422. The molecule has 5 nitrogen and oxygen atoms in total. The number of carboxylic acids is 1. The minimum Gasteiger partial charge on any atom is -0.478 e. The molecule has 0 spiro atoms. The van der Waals surface area contributed by atoms with Crippen molar-refractivity contribution in [1.82, 2.24) is 9.97 Å². The predicted molar refractivity (Wildman–Crippen MR) is 107 cm³/mol. The van der Waals surface area contributed by atoms with Crippen LogP contribution in [0.2, 0.25) is 0 Å². The van der Waals surface area contributed by atoms with Crippen LogP contribution in [0.3, 0.4) is 0 Å². The third-order valence-corrected chi connectivity index (χ3v) is 5.37. The zero-order valence-corrected chi connectivity index (χ0v) is 16.0. The number of hydrogen-bond acceptors (Lipinski definition) is 5. The van der Waals surface area contributed by atoms with Crippen LogP contribution in [-0.4, -0.2) is 21.0 Å². The van der Waals surface area contributed by atoms with Crippen LogP contribution in [-0.2, 0) is 0 Å². The molecule has 0 radical (unpaired) electrons. The van der Waals surface area contributed by atoms with Gasteiger partial charge in [-0.3, -0.25) is 0 Å². The van der Waals surface area contributed by atoms with E-state index in [0.29, 0.717) is 16.0 Å². The normalized spacial score (nSPS) is 10.9. The van der Waals surface area contributed by atoms with Gasteiger partial charge in [0.2, 0.25) is 0 Å². The van der Waals surface area contributed by atoms with Crippen molar-refractivity contribution in [2.75, 3.05) is 5.32 Å². The maximum Gasteiger partial charge on any atom is 0.337 e. The predicted octanol–water partition coefficient (Wildman–Crippen LogP) is 5.70. The number of rotatable bonds is 4. The van der Waals surface area contributed by atoms with Gasteiger partial charge in [0, 0.05) is 15.4 Å². The summed E-state index contributed by atoms with van der Waals surface area (Å²) >= 11 is 4.73. The van der Waals surface area contributed by atoms with Gasteiger partial charge in [-0.05, 0) is 35.9 Å². The highest BCUT2D eigenvalue weighted by atomic mass is 79.9. The van der Waals surface area contributed by atoms with E-state index in [2.05, 4.69) is 31.2 Å². The number of carboxylic acid groups (broad SMARTS) is 1. The van der Waals surface area contributed by atoms with Gasteiger partial charge in [0.05, 0.1) is 16.6 Å². The molecule has 0 fully saturated rings. The molecular formula is C19H11BrFN3O2S. The average molecular weight is 444 g/mol. The Balaban J connectivity index is 1.85. The fourth-order valence-electron chi connectivity index (χ4n) is 2.74. The Morgan fingerprint density at radius 2 is 1.93 bits per heavy atom. The van der Waals surface area contributed by atoms with E-state index < -0.39 is 5.97 Å². The molecule has 8 heteroatoms. The maximum atomic E-state index is 13.3. The van der Waals surface area contributed by atoms with Crippen molar-refractivity contribution in [1.29, 1.82) is 0 Å². The molecular weight excluding hydrogens is 433 g/mol. The fourth-order valence-corrected chi connectivity index (χ4v) is 4.02. The molecule has 0 aliphatic rings. The van der Waals surface area contributed by atoms with Gasteiger partial charge in [-0.2, -0.15) is 0 Å². The lowest BCUT2D eigenvalue weighted by Crippen LogP contribution is -2.04. The van der Waals surface area contributed by atoms with Gasteiger partial charge >= 0.3 is 5.97 Å². The van der Waals surface area contributed by atoms with Crippen LogP contribution in [0.4, 0.5) is 15.9 Å². The van der Waals surface area contributed by atoms with E-state index in [1.165, 1.54) is 35.9 Å². The molecule has 2 aromatic heterocycles. The van der Waals surface area contributed by atoms with Crippen molar-refractivity contribution in [2.24, 2.45) is 0 Å². The molecule has 0 bridgehead atoms. The first-order chi connectivity index (χ1) is 13.0. The van der Waals surface area contributed by atoms with Gasteiger partial charge in [0.25, 0.3) is 0 Å². The molecule has 2 N–H and O–H groups in total. The number of nitrogens with one attached hydrogen (secondary N) is 1. The molecule has 0 saturated carbocycles. The summed E-state index contributed by atoms with van der Waals surface area (Å²) < 4.78 is 13.9. The standard InChI is InChI=1S/C19H11BrFN3O2S/c20-11-3-6-15(13(7-11)19(25)26)24-17-16-14(8-27-18(16)23-9-22-17)10-1-4-12(21)5-2-10/h1-9H,(H,25,26)(H,22,23,24). The third-order valence-electron chi connectivity index (χ3n) is 3.99. The average Bonchev–Trinajstić information content (AvgIpc) is 3.09. The Morgan fingerprint density at radius 1 is 1.15 bits per heavy atom. The van der Waals surface area contributed by atoms with Crippen molar-refractivity contribution in [2.45, 2.75) is 0 Å². The van der Waals surface area contributed by atoms with Gasteiger partial charge < -0.3 is 10.4 Å². The lowest BCUT2D eigenvalue weighted by molar-refractivity contribution is 0.0698. The lowest BCUT2D eigenvalue weighted by Gasteiger charge is -2.11. The van der Waals surface area contributed by atoms with E-state index in [0.717, 1.165) is 21.3 Å². The lowest BCUT2D eigenvalue weighted by atomic mass is 10.1. The van der Waals surface area contributed by atoms with Gasteiger partial charge in [-0.15, -0.1) is 11.3 Å². The summed E-state index contributed by atoms with van der Waals surface area (Å²) in [6, 6.07) is 11.1. The Hall–Kier alpha value is -2.84. The second-order valence-corrected chi connectivity index (χ2v) is 7.45. The largest absolute Gasteiger partial charge is 0.478 e. The molecule has 134 valence electrons. The molecule has 0 atom stereocenters. The zero-order chi connectivity index (χ0) is 19.0. The number of carbonyl (C=O) groups is 1. The van der Waals surface area contributed by atoms with Crippen molar-refractivity contribution < 1.29 is 14.3 Å². The van der Waals surface area contributed by atoms with Crippen LogP contribution in [0.5, 0.6) is 0 Å². The van der Waals surface area contributed by atoms with Gasteiger partial charge in [0.15, 0.2) is 0 Å². The Bertz CT molecular complexity index is 1160. The number of anilines is 2. The van der Waals surface area contributed by atoms with Crippen molar-refractivity contribution in [3.63, 3.8) is 0 Å². The highest BCUT2D eigenvalue weighted by molar-refractivity contribution is 9.10. The Kier molecular flexibility index (Phi) is 4.59. The number of aromatic carboxylic acids is 1. The van der Waals surface area contributed by atoms with Crippen LogP contribution in [0.15, 0.2) is 58.6 Å². The number of halogens is 2. The second kappa shape index (κ2) is 7.05. The first-order valence-electron chi connectivity index (χ1n) is 7.81.